The van der Waals surface area contributed by atoms with Crippen molar-refractivity contribution in [1.29, 1.82) is 0 Å². The molecule has 7 rings (SSSR count). The first-order valence-corrected chi connectivity index (χ1v) is 14.0. The van der Waals surface area contributed by atoms with Crippen LogP contribution in [0.3, 0.4) is 0 Å². The molecule has 9 nitrogen and oxygen atoms in total. The summed E-state index contributed by atoms with van der Waals surface area (Å²) in [5.74, 6) is 1.26. The fourth-order valence-corrected chi connectivity index (χ4v) is 7.29. The number of fused-ring (bicyclic) bond motifs is 3. The average Bonchev–Trinajstić information content (AvgIpc) is 3.70. The van der Waals surface area contributed by atoms with Gasteiger partial charge in [-0.2, -0.15) is 0 Å². The van der Waals surface area contributed by atoms with Crippen LogP contribution in [-0.4, -0.2) is 79.3 Å². The minimum atomic E-state index is -0.757. The van der Waals surface area contributed by atoms with Gasteiger partial charge in [0.2, 0.25) is 0 Å². The minimum absolute atomic E-state index is 0.120. The first kappa shape index (κ1) is 24.3. The zero-order chi connectivity index (χ0) is 25.9. The third-order valence-electron chi connectivity index (χ3n) is 9.38. The third-order valence-corrected chi connectivity index (χ3v) is 9.38. The van der Waals surface area contributed by atoms with Gasteiger partial charge < -0.3 is 30.0 Å². The molecule has 2 aromatic heterocycles. The predicted molar refractivity (Wildman–Crippen MR) is 144 cm³/mol. The zero-order valence-electron chi connectivity index (χ0n) is 21.8. The highest BCUT2D eigenvalue weighted by molar-refractivity contribution is 6.00. The molecule has 2 bridgehead atoms. The molecule has 4 N–H and O–H groups in total. The van der Waals surface area contributed by atoms with Crippen molar-refractivity contribution in [1.82, 2.24) is 19.4 Å². The van der Waals surface area contributed by atoms with Gasteiger partial charge in [0, 0.05) is 30.4 Å². The highest BCUT2D eigenvalue weighted by atomic mass is 16.6. The van der Waals surface area contributed by atoms with Crippen molar-refractivity contribution in [2.45, 2.75) is 80.8 Å². The molecule has 1 aliphatic carbocycles. The Balaban J connectivity index is 1.13. The molecule has 38 heavy (non-hydrogen) atoms. The van der Waals surface area contributed by atoms with Crippen LogP contribution in [0.5, 0.6) is 5.75 Å². The van der Waals surface area contributed by atoms with Crippen LogP contribution in [0.1, 0.15) is 57.4 Å². The molecule has 1 aromatic carbocycles. The molecule has 4 aliphatic rings. The van der Waals surface area contributed by atoms with E-state index < -0.39 is 5.60 Å². The number of nitrogens with zero attached hydrogens (tertiary/aromatic N) is 4. The first-order valence-electron chi connectivity index (χ1n) is 14.0. The Hall–Kier alpha value is -2.72. The molecule has 202 valence electrons. The zero-order valence-corrected chi connectivity index (χ0v) is 21.8. The Morgan fingerprint density at radius 2 is 2.00 bits per heavy atom. The van der Waals surface area contributed by atoms with Crippen LogP contribution in [-0.2, 0) is 4.74 Å². The number of anilines is 1. The van der Waals surface area contributed by atoms with Crippen molar-refractivity contribution in [3.63, 3.8) is 0 Å². The maximum atomic E-state index is 11.3. The van der Waals surface area contributed by atoms with Crippen LogP contribution < -0.4 is 10.5 Å². The quantitative estimate of drug-likeness (QED) is 0.415. The van der Waals surface area contributed by atoms with Gasteiger partial charge in [0.15, 0.2) is 0 Å². The molecular weight excluding hydrogens is 482 g/mol. The van der Waals surface area contributed by atoms with Crippen molar-refractivity contribution >= 4 is 16.9 Å². The number of aliphatic hydroxyl groups excluding tert-OH is 1. The van der Waals surface area contributed by atoms with E-state index in [0.29, 0.717) is 37.9 Å². The van der Waals surface area contributed by atoms with E-state index in [-0.39, 0.29) is 24.3 Å². The van der Waals surface area contributed by atoms with Crippen molar-refractivity contribution in [3.8, 4) is 16.9 Å². The van der Waals surface area contributed by atoms with E-state index in [9.17, 15) is 10.2 Å². The third kappa shape index (κ3) is 4.16. The molecule has 3 saturated heterocycles. The summed E-state index contributed by atoms with van der Waals surface area (Å²) in [5, 5.41) is 21.8. The topological polar surface area (TPSA) is 119 Å². The van der Waals surface area contributed by atoms with Gasteiger partial charge >= 0.3 is 0 Å². The number of ether oxygens (including phenoxy) is 2. The molecule has 4 fully saturated rings. The van der Waals surface area contributed by atoms with Crippen LogP contribution in [0.2, 0.25) is 0 Å². The summed E-state index contributed by atoms with van der Waals surface area (Å²) < 4.78 is 14.6. The van der Waals surface area contributed by atoms with Crippen LogP contribution in [0.4, 0.5) is 5.82 Å². The maximum Gasteiger partial charge on any atom is 0.146 e. The van der Waals surface area contributed by atoms with E-state index in [4.69, 9.17) is 15.2 Å². The standard InChI is InChI=1S/C29H37N5O4/c30-26-25-24(19-3-1-5-23(11-19)37-17-29-8-6-22(38-29)7-9-29)14-34(27(25)32-18-31-26)21-12-28(36,13-21)16-33-10-2-4-20(33)15-35/h1,3,5,11,14,18,20-22,35-36H,2,4,6-10,12-13,15-17H2,(H2,30,31,32)/t20-,21?,22?,28?,29?/m0/s1. The van der Waals surface area contributed by atoms with Crippen molar-refractivity contribution in [2.75, 3.05) is 32.0 Å². The number of hydrogen-bond donors (Lipinski definition) is 3. The van der Waals surface area contributed by atoms with Crippen LogP contribution in [0.25, 0.3) is 22.2 Å². The molecule has 1 atom stereocenters. The Morgan fingerprint density at radius 3 is 2.76 bits per heavy atom. The van der Waals surface area contributed by atoms with Crippen molar-refractivity contribution in [3.05, 3.63) is 36.8 Å². The lowest BCUT2D eigenvalue weighted by Gasteiger charge is -2.47. The van der Waals surface area contributed by atoms with Crippen molar-refractivity contribution in [2.24, 2.45) is 0 Å². The van der Waals surface area contributed by atoms with E-state index in [2.05, 4.69) is 37.8 Å². The molecule has 0 spiro atoms. The fourth-order valence-electron chi connectivity index (χ4n) is 7.29. The largest absolute Gasteiger partial charge is 0.491 e. The number of rotatable bonds is 8. The van der Waals surface area contributed by atoms with Gasteiger partial charge in [-0.1, -0.05) is 12.1 Å². The Morgan fingerprint density at radius 1 is 1.16 bits per heavy atom. The predicted octanol–water partition coefficient (Wildman–Crippen LogP) is 3.29. The molecule has 9 heteroatoms. The Labute approximate surface area is 222 Å². The Bertz CT molecular complexity index is 1330. The lowest BCUT2D eigenvalue weighted by molar-refractivity contribution is -0.0909. The molecule has 0 unspecified atom stereocenters. The number of β-amino-alcohol motifs (C(OH)–C–C–N with tert-alkyl or cyclic N) is 1. The average molecular weight is 520 g/mol. The number of aromatic nitrogens is 3. The highest BCUT2D eigenvalue weighted by Gasteiger charge is 2.47. The summed E-state index contributed by atoms with van der Waals surface area (Å²) in [4.78, 5) is 11.1. The van der Waals surface area contributed by atoms with Gasteiger partial charge in [0.25, 0.3) is 0 Å². The minimum Gasteiger partial charge on any atom is -0.491 e. The van der Waals surface area contributed by atoms with Gasteiger partial charge in [-0.05, 0) is 75.6 Å². The Kier molecular flexibility index (Phi) is 5.88. The van der Waals surface area contributed by atoms with Gasteiger partial charge in [-0.15, -0.1) is 0 Å². The van der Waals surface area contributed by atoms with Crippen molar-refractivity contribution < 1.29 is 19.7 Å². The van der Waals surface area contributed by atoms with Gasteiger partial charge in [-0.25, -0.2) is 9.97 Å². The lowest BCUT2D eigenvalue weighted by Crippen LogP contribution is -2.53. The number of nitrogens with two attached hydrogens (primary N) is 1. The second kappa shape index (κ2) is 9.19. The SMILES string of the molecule is Nc1ncnc2c1c(-c1cccc(OCC34CCC(CC3)O4)c1)cn2C1CC(O)(CN2CCC[C@H]2CO)C1. The smallest absolute Gasteiger partial charge is 0.146 e. The van der Waals surface area contributed by atoms with Crippen LogP contribution in [0.15, 0.2) is 36.8 Å². The summed E-state index contributed by atoms with van der Waals surface area (Å²) in [6.07, 6.45) is 11.8. The molecule has 5 heterocycles. The van der Waals surface area contributed by atoms with Gasteiger partial charge in [0.05, 0.1) is 23.7 Å². The van der Waals surface area contributed by atoms with E-state index in [0.717, 1.165) is 73.0 Å². The fraction of sp³-hybridized carbons (Fsp3) is 0.586. The second-order valence-corrected chi connectivity index (χ2v) is 12.0. The maximum absolute atomic E-state index is 11.3. The van der Waals surface area contributed by atoms with Gasteiger partial charge in [0.1, 0.15) is 35.7 Å². The number of benzene rings is 1. The molecular formula is C29H37N5O4. The number of nitrogen functional groups attached to an aromatic ring is 1. The summed E-state index contributed by atoms with van der Waals surface area (Å²) in [7, 11) is 0. The van der Waals surface area contributed by atoms with Crippen LogP contribution in [0, 0.1) is 0 Å². The van der Waals surface area contributed by atoms with E-state index >= 15 is 0 Å². The molecule has 3 aliphatic heterocycles. The number of aliphatic hydroxyl groups is 2. The van der Waals surface area contributed by atoms with E-state index in [1.807, 2.05) is 12.1 Å². The molecule has 0 radical (unpaired) electrons. The molecule has 1 saturated carbocycles. The summed E-state index contributed by atoms with van der Waals surface area (Å²) in [5.41, 5.74) is 8.26. The van der Waals surface area contributed by atoms with E-state index in [1.165, 1.54) is 6.33 Å². The van der Waals surface area contributed by atoms with Gasteiger partial charge in [-0.3, -0.25) is 4.90 Å². The monoisotopic (exact) mass is 519 g/mol. The summed E-state index contributed by atoms with van der Waals surface area (Å²) in [6, 6.07) is 8.40. The van der Waals surface area contributed by atoms with E-state index in [1.54, 1.807) is 0 Å². The second-order valence-electron chi connectivity index (χ2n) is 12.0. The highest BCUT2D eigenvalue weighted by Crippen LogP contribution is 2.47. The normalized spacial score (nSPS) is 32.7. The summed E-state index contributed by atoms with van der Waals surface area (Å²) >= 11 is 0. The van der Waals surface area contributed by atoms with Crippen LogP contribution >= 0.6 is 0 Å². The number of likely N-dealkylation sites (tertiary alicyclic amines) is 1. The molecule has 3 aromatic rings. The first-order chi connectivity index (χ1) is 18.4. The molecule has 0 amide bonds. The summed E-state index contributed by atoms with van der Waals surface area (Å²) in [6.45, 7) is 2.27. The lowest BCUT2D eigenvalue weighted by atomic mass is 9.75. The number of hydrogen-bond acceptors (Lipinski definition) is 8.